The Balaban J connectivity index is 2.45. The lowest BCUT2D eigenvalue weighted by Gasteiger charge is -2.13. The van der Waals surface area contributed by atoms with Gasteiger partial charge in [-0.3, -0.25) is 0 Å². The van der Waals surface area contributed by atoms with Gasteiger partial charge in [0.15, 0.2) is 0 Å². The predicted octanol–water partition coefficient (Wildman–Crippen LogP) is 3.09. The van der Waals surface area contributed by atoms with E-state index in [2.05, 4.69) is 50.0 Å². The molecule has 82 valence electrons. The monoisotopic (exact) mass is 203 g/mol. The summed E-state index contributed by atoms with van der Waals surface area (Å²) < 4.78 is 0. The first-order chi connectivity index (χ1) is 7.26. The van der Waals surface area contributed by atoms with Crippen molar-refractivity contribution in [1.82, 2.24) is 5.32 Å². The first-order valence-electron chi connectivity index (χ1n) is 5.67. The first kappa shape index (κ1) is 12.0. The summed E-state index contributed by atoms with van der Waals surface area (Å²) in [5.41, 5.74) is 2.76. The fraction of sp³-hybridized carbons (Fsp3) is 0.429. The lowest BCUT2D eigenvalue weighted by molar-refractivity contribution is 0.575. The summed E-state index contributed by atoms with van der Waals surface area (Å²) in [5, 5.41) is 3.40. The van der Waals surface area contributed by atoms with Gasteiger partial charge in [-0.25, -0.2) is 0 Å². The van der Waals surface area contributed by atoms with Crippen LogP contribution in [-0.2, 0) is 6.42 Å². The van der Waals surface area contributed by atoms with Crippen molar-refractivity contribution in [2.75, 3.05) is 6.54 Å². The number of hydrogen-bond donors (Lipinski definition) is 1. The van der Waals surface area contributed by atoms with E-state index < -0.39 is 0 Å². The van der Waals surface area contributed by atoms with E-state index in [-0.39, 0.29) is 0 Å². The minimum absolute atomic E-state index is 0.440. The van der Waals surface area contributed by atoms with Crippen LogP contribution >= 0.6 is 0 Å². The summed E-state index contributed by atoms with van der Waals surface area (Å²) in [5.74, 6) is 0. The van der Waals surface area contributed by atoms with Gasteiger partial charge in [0.05, 0.1) is 0 Å². The molecule has 1 N–H and O–H groups in total. The maximum Gasteiger partial charge on any atom is 0.0250 e. The number of rotatable bonds is 6. The quantitative estimate of drug-likeness (QED) is 0.701. The summed E-state index contributed by atoms with van der Waals surface area (Å²) in [6, 6.07) is 9.15. The molecule has 1 unspecified atom stereocenters. The Morgan fingerprint density at radius 3 is 2.87 bits per heavy atom. The van der Waals surface area contributed by atoms with Gasteiger partial charge in [0.25, 0.3) is 0 Å². The molecule has 0 saturated heterocycles. The number of likely N-dealkylation sites (N-methyl/N-ethyl adjacent to an activating group) is 1. The van der Waals surface area contributed by atoms with E-state index in [1.807, 2.05) is 6.08 Å². The van der Waals surface area contributed by atoms with Gasteiger partial charge in [0, 0.05) is 6.04 Å². The Morgan fingerprint density at radius 1 is 1.47 bits per heavy atom. The summed E-state index contributed by atoms with van der Waals surface area (Å²) in [4.78, 5) is 0. The first-order valence-corrected chi connectivity index (χ1v) is 5.67. The van der Waals surface area contributed by atoms with Crippen LogP contribution in [0.3, 0.4) is 0 Å². The van der Waals surface area contributed by atoms with Crippen LogP contribution in [0.5, 0.6) is 0 Å². The second kappa shape index (κ2) is 6.41. The molecule has 1 heteroatoms. The fourth-order valence-corrected chi connectivity index (χ4v) is 1.76. The van der Waals surface area contributed by atoms with Crippen molar-refractivity contribution in [1.29, 1.82) is 0 Å². The Bertz CT molecular complexity index is 304. The van der Waals surface area contributed by atoms with Crippen molar-refractivity contribution in [2.45, 2.75) is 32.7 Å². The largest absolute Gasteiger partial charge is 0.311 e. The van der Waals surface area contributed by atoms with Crippen molar-refractivity contribution < 1.29 is 0 Å². The molecule has 0 saturated carbocycles. The molecule has 1 atom stereocenters. The van der Waals surface area contributed by atoms with Gasteiger partial charge in [-0.1, -0.05) is 42.8 Å². The normalized spacial score (nSPS) is 12.4. The molecule has 0 aliphatic carbocycles. The van der Waals surface area contributed by atoms with Crippen LogP contribution in [0.4, 0.5) is 0 Å². The molecule has 0 bridgehead atoms. The molecule has 1 aromatic rings. The highest BCUT2D eigenvalue weighted by Crippen LogP contribution is 2.08. The predicted molar refractivity (Wildman–Crippen MR) is 67.2 cm³/mol. The molecule has 0 amide bonds. The number of benzene rings is 1. The van der Waals surface area contributed by atoms with Crippen LogP contribution in [-0.4, -0.2) is 12.6 Å². The SMILES string of the molecule is C=CC(CCc1cccc(C)c1)NCC. The lowest BCUT2D eigenvalue weighted by Crippen LogP contribution is -2.26. The lowest BCUT2D eigenvalue weighted by atomic mass is 10.0. The van der Waals surface area contributed by atoms with E-state index in [1.54, 1.807) is 0 Å². The van der Waals surface area contributed by atoms with Gasteiger partial charge in [-0.05, 0) is 31.9 Å². The molecule has 0 radical (unpaired) electrons. The molecule has 0 aliphatic heterocycles. The molecule has 0 heterocycles. The zero-order valence-corrected chi connectivity index (χ0v) is 9.79. The summed E-state index contributed by atoms with van der Waals surface area (Å²) in [6.07, 6.45) is 4.24. The van der Waals surface area contributed by atoms with E-state index in [1.165, 1.54) is 11.1 Å². The molecular formula is C14H21N. The molecule has 0 aliphatic rings. The maximum absolute atomic E-state index is 3.85. The van der Waals surface area contributed by atoms with Gasteiger partial charge in [-0.15, -0.1) is 6.58 Å². The van der Waals surface area contributed by atoms with E-state index in [0.717, 1.165) is 19.4 Å². The van der Waals surface area contributed by atoms with Crippen LogP contribution in [0, 0.1) is 6.92 Å². The summed E-state index contributed by atoms with van der Waals surface area (Å²) in [7, 11) is 0. The molecule has 0 fully saturated rings. The van der Waals surface area contributed by atoms with Crippen LogP contribution < -0.4 is 5.32 Å². The van der Waals surface area contributed by atoms with Gasteiger partial charge in [0.1, 0.15) is 0 Å². The molecule has 1 aromatic carbocycles. The van der Waals surface area contributed by atoms with Gasteiger partial charge in [-0.2, -0.15) is 0 Å². The third kappa shape index (κ3) is 4.30. The van der Waals surface area contributed by atoms with Crippen LogP contribution in [0.25, 0.3) is 0 Å². The zero-order chi connectivity index (χ0) is 11.1. The second-order valence-electron chi connectivity index (χ2n) is 3.93. The standard InChI is InChI=1S/C14H21N/c1-4-14(15-5-2)10-9-13-8-6-7-12(3)11-13/h4,6-8,11,14-15H,1,5,9-10H2,2-3H3. The Labute approximate surface area is 93.2 Å². The number of hydrogen-bond acceptors (Lipinski definition) is 1. The number of aryl methyl sites for hydroxylation is 2. The average molecular weight is 203 g/mol. The molecular weight excluding hydrogens is 182 g/mol. The van der Waals surface area contributed by atoms with Crippen LogP contribution in [0.1, 0.15) is 24.5 Å². The Hall–Kier alpha value is -1.08. The smallest absolute Gasteiger partial charge is 0.0250 e. The van der Waals surface area contributed by atoms with Crippen molar-refractivity contribution in [3.05, 3.63) is 48.0 Å². The highest BCUT2D eigenvalue weighted by molar-refractivity contribution is 5.22. The molecule has 1 rings (SSSR count). The fourth-order valence-electron chi connectivity index (χ4n) is 1.76. The van der Waals surface area contributed by atoms with Crippen molar-refractivity contribution in [2.24, 2.45) is 0 Å². The van der Waals surface area contributed by atoms with E-state index in [0.29, 0.717) is 6.04 Å². The summed E-state index contributed by atoms with van der Waals surface area (Å²) in [6.45, 7) is 9.12. The maximum atomic E-state index is 3.85. The summed E-state index contributed by atoms with van der Waals surface area (Å²) >= 11 is 0. The highest BCUT2D eigenvalue weighted by atomic mass is 14.9. The second-order valence-corrected chi connectivity index (χ2v) is 3.93. The number of nitrogens with one attached hydrogen (secondary N) is 1. The van der Waals surface area contributed by atoms with Crippen LogP contribution in [0.2, 0.25) is 0 Å². The van der Waals surface area contributed by atoms with Gasteiger partial charge >= 0.3 is 0 Å². The minimum atomic E-state index is 0.440. The van der Waals surface area contributed by atoms with E-state index in [4.69, 9.17) is 0 Å². The highest BCUT2D eigenvalue weighted by Gasteiger charge is 2.02. The topological polar surface area (TPSA) is 12.0 Å². The van der Waals surface area contributed by atoms with E-state index in [9.17, 15) is 0 Å². The minimum Gasteiger partial charge on any atom is -0.311 e. The van der Waals surface area contributed by atoms with Crippen molar-refractivity contribution in [3.8, 4) is 0 Å². The average Bonchev–Trinajstić information content (AvgIpc) is 2.24. The van der Waals surface area contributed by atoms with E-state index >= 15 is 0 Å². The molecule has 0 spiro atoms. The Kier molecular flexibility index (Phi) is 5.13. The Morgan fingerprint density at radius 2 is 2.27 bits per heavy atom. The third-order valence-corrected chi connectivity index (χ3v) is 2.58. The third-order valence-electron chi connectivity index (χ3n) is 2.58. The van der Waals surface area contributed by atoms with Gasteiger partial charge < -0.3 is 5.32 Å². The van der Waals surface area contributed by atoms with Gasteiger partial charge in [0.2, 0.25) is 0 Å². The van der Waals surface area contributed by atoms with Crippen molar-refractivity contribution in [3.63, 3.8) is 0 Å². The van der Waals surface area contributed by atoms with Crippen LogP contribution in [0.15, 0.2) is 36.9 Å². The zero-order valence-electron chi connectivity index (χ0n) is 9.79. The van der Waals surface area contributed by atoms with Crippen molar-refractivity contribution >= 4 is 0 Å². The molecule has 0 aromatic heterocycles. The molecule has 1 nitrogen and oxygen atoms in total. The molecule has 15 heavy (non-hydrogen) atoms.